The highest BCUT2D eigenvalue weighted by atomic mass is 16.2. The molecule has 1 aromatic heterocycles. The average molecular weight is 335 g/mol. The molecule has 0 aliphatic heterocycles. The number of benzene rings is 2. The summed E-state index contributed by atoms with van der Waals surface area (Å²) in [7, 11) is 0. The Morgan fingerprint density at radius 2 is 1.60 bits per heavy atom. The van der Waals surface area contributed by atoms with Gasteiger partial charge in [0.25, 0.3) is 5.91 Å². The van der Waals surface area contributed by atoms with E-state index in [1.54, 1.807) is 0 Å². The van der Waals surface area contributed by atoms with Crippen LogP contribution in [-0.4, -0.2) is 22.8 Å². The summed E-state index contributed by atoms with van der Waals surface area (Å²) in [4.78, 5) is 29.3. The van der Waals surface area contributed by atoms with Gasteiger partial charge in [0, 0.05) is 10.8 Å². The summed E-state index contributed by atoms with van der Waals surface area (Å²) in [6, 6.07) is 14.3. The van der Waals surface area contributed by atoms with Gasteiger partial charge in [-0.25, -0.2) is 4.98 Å². The Hall–Kier alpha value is -2.95. The number of carbonyl (C=O) groups excluding carboxylic acids is 2. The molecule has 3 rings (SSSR count). The second kappa shape index (κ2) is 7.30. The van der Waals surface area contributed by atoms with E-state index in [9.17, 15) is 9.59 Å². The third-order valence-electron chi connectivity index (χ3n) is 4.31. The predicted molar refractivity (Wildman–Crippen MR) is 99.2 cm³/mol. The molecule has 0 radical (unpaired) electrons. The van der Waals surface area contributed by atoms with Gasteiger partial charge in [0.15, 0.2) is 0 Å². The zero-order valence-corrected chi connectivity index (χ0v) is 14.2. The molecule has 0 saturated carbocycles. The Balaban J connectivity index is 2.08. The number of pyridine rings is 1. The fraction of sp³-hybridized carbons (Fsp3) is 0.250. The number of nitrogens with two attached hydrogens (primary N) is 1. The van der Waals surface area contributed by atoms with Crippen LogP contribution in [0.1, 0.15) is 36.5 Å². The summed E-state index contributed by atoms with van der Waals surface area (Å²) in [5, 5.41) is 4.33. The summed E-state index contributed by atoms with van der Waals surface area (Å²) in [6.07, 6.45) is 2.30. The monoisotopic (exact) mass is 335 g/mol. The first kappa shape index (κ1) is 16.9. The number of carbonyl (C=O) groups is 2. The Kier molecular flexibility index (Phi) is 4.93. The molecular weight excluding hydrogens is 314 g/mol. The van der Waals surface area contributed by atoms with Crippen molar-refractivity contribution in [1.82, 2.24) is 10.3 Å². The molecule has 0 saturated heterocycles. The van der Waals surface area contributed by atoms with Crippen LogP contribution in [0.25, 0.3) is 21.8 Å². The van der Waals surface area contributed by atoms with Crippen molar-refractivity contribution in [2.75, 3.05) is 0 Å². The van der Waals surface area contributed by atoms with E-state index in [1.807, 2.05) is 55.5 Å². The van der Waals surface area contributed by atoms with Gasteiger partial charge in [0.05, 0.1) is 16.6 Å². The zero-order valence-electron chi connectivity index (χ0n) is 14.2. The van der Waals surface area contributed by atoms with E-state index < -0.39 is 11.9 Å². The first-order valence-corrected chi connectivity index (χ1v) is 8.49. The van der Waals surface area contributed by atoms with Crippen LogP contribution in [0.5, 0.6) is 0 Å². The molecule has 128 valence electrons. The molecule has 0 aliphatic carbocycles. The van der Waals surface area contributed by atoms with E-state index in [4.69, 9.17) is 5.73 Å². The molecule has 5 nitrogen and oxygen atoms in total. The summed E-state index contributed by atoms with van der Waals surface area (Å²) < 4.78 is 0. The lowest BCUT2D eigenvalue weighted by Gasteiger charge is -2.17. The molecular formula is C20H21N3O2. The maximum atomic E-state index is 13.0. The van der Waals surface area contributed by atoms with Gasteiger partial charge in [-0.2, -0.15) is 0 Å². The molecule has 0 bridgehead atoms. The molecule has 5 heteroatoms. The Bertz CT molecular complexity index is 883. The molecule has 1 heterocycles. The summed E-state index contributed by atoms with van der Waals surface area (Å²) in [6.45, 7) is 2.03. The zero-order chi connectivity index (χ0) is 17.8. The van der Waals surface area contributed by atoms with Gasteiger partial charge in [-0.15, -0.1) is 0 Å². The quantitative estimate of drug-likeness (QED) is 0.679. The Morgan fingerprint density at radius 3 is 2.12 bits per heavy atom. The second-order valence-electron chi connectivity index (χ2n) is 6.09. The van der Waals surface area contributed by atoms with E-state index in [1.165, 1.54) is 0 Å². The minimum atomic E-state index is -0.668. The SMILES string of the molecule is CCCC[C@H](NC(=O)c1c2ccccc2nc2ccccc12)C(N)=O. The van der Waals surface area contributed by atoms with Crippen LogP contribution in [0, 0.1) is 0 Å². The highest BCUT2D eigenvalue weighted by Gasteiger charge is 2.21. The van der Waals surface area contributed by atoms with Crippen LogP contribution in [0.15, 0.2) is 48.5 Å². The van der Waals surface area contributed by atoms with Crippen LogP contribution in [0.4, 0.5) is 0 Å². The number of unbranched alkanes of at least 4 members (excludes halogenated alkanes) is 1. The maximum absolute atomic E-state index is 13.0. The highest BCUT2D eigenvalue weighted by molar-refractivity contribution is 6.16. The van der Waals surface area contributed by atoms with E-state index in [0.29, 0.717) is 12.0 Å². The third-order valence-corrected chi connectivity index (χ3v) is 4.31. The lowest BCUT2D eigenvalue weighted by atomic mass is 10.0. The van der Waals surface area contributed by atoms with Crippen molar-refractivity contribution >= 4 is 33.6 Å². The molecule has 2 aromatic carbocycles. The number of aromatic nitrogens is 1. The molecule has 1 atom stereocenters. The number of para-hydroxylation sites is 2. The molecule has 3 aromatic rings. The van der Waals surface area contributed by atoms with Gasteiger partial charge in [-0.1, -0.05) is 56.2 Å². The number of nitrogens with one attached hydrogen (secondary N) is 1. The summed E-state index contributed by atoms with van der Waals surface area (Å²) in [5.41, 5.74) is 7.49. The fourth-order valence-corrected chi connectivity index (χ4v) is 3.01. The topological polar surface area (TPSA) is 85.1 Å². The number of hydrogen-bond donors (Lipinski definition) is 2. The number of nitrogens with zero attached hydrogens (tertiary/aromatic N) is 1. The average Bonchev–Trinajstić information content (AvgIpc) is 2.62. The number of amides is 2. The Labute approximate surface area is 146 Å². The molecule has 3 N–H and O–H groups in total. The first-order chi connectivity index (χ1) is 12.1. The van der Waals surface area contributed by atoms with Crippen molar-refractivity contribution < 1.29 is 9.59 Å². The fourth-order valence-electron chi connectivity index (χ4n) is 3.01. The number of hydrogen-bond acceptors (Lipinski definition) is 3. The molecule has 25 heavy (non-hydrogen) atoms. The van der Waals surface area contributed by atoms with Crippen LogP contribution in [-0.2, 0) is 4.79 Å². The minimum Gasteiger partial charge on any atom is -0.368 e. The van der Waals surface area contributed by atoms with Gasteiger partial charge in [-0.05, 0) is 18.6 Å². The maximum Gasteiger partial charge on any atom is 0.253 e. The van der Waals surface area contributed by atoms with Crippen molar-refractivity contribution in [2.24, 2.45) is 5.73 Å². The first-order valence-electron chi connectivity index (χ1n) is 8.49. The van der Waals surface area contributed by atoms with Gasteiger partial charge >= 0.3 is 0 Å². The standard InChI is InChI=1S/C20H21N3O2/c1-2-3-10-17(19(21)24)23-20(25)18-13-8-4-6-11-15(13)22-16-12-7-5-9-14(16)18/h4-9,11-12,17H,2-3,10H2,1H3,(H2,21,24)(H,23,25)/t17-/m0/s1. The molecule has 0 aliphatic rings. The normalized spacial score (nSPS) is 12.2. The van der Waals surface area contributed by atoms with Gasteiger partial charge in [0.2, 0.25) is 5.91 Å². The van der Waals surface area contributed by atoms with Crippen molar-refractivity contribution in [3.05, 3.63) is 54.1 Å². The van der Waals surface area contributed by atoms with E-state index in [2.05, 4.69) is 10.3 Å². The van der Waals surface area contributed by atoms with Crippen molar-refractivity contribution in [1.29, 1.82) is 0 Å². The van der Waals surface area contributed by atoms with Crippen LogP contribution in [0.2, 0.25) is 0 Å². The molecule has 0 spiro atoms. The molecule has 0 fully saturated rings. The van der Waals surface area contributed by atoms with Crippen LogP contribution >= 0.6 is 0 Å². The number of rotatable bonds is 6. The van der Waals surface area contributed by atoms with Crippen LogP contribution in [0.3, 0.4) is 0 Å². The lowest BCUT2D eigenvalue weighted by Crippen LogP contribution is -2.44. The number of primary amides is 1. The van der Waals surface area contributed by atoms with Crippen LogP contribution < -0.4 is 11.1 Å². The third kappa shape index (κ3) is 3.45. The van der Waals surface area contributed by atoms with E-state index >= 15 is 0 Å². The smallest absolute Gasteiger partial charge is 0.253 e. The van der Waals surface area contributed by atoms with Crippen molar-refractivity contribution in [3.8, 4) is 0 Å². The van der Waals surface area contributed by atoms with Gasteiger partial charge < -0.3 is 11.1 Å². The predicted octanol–water partition coefficient (Wildman–Crippen LogP) is 3.16. The van der Waals surface area contributed by atoms with E-state index in [-0.39, 0.29) is 5.91 Å². The minimum absolute atomic E-state index is 0.297. The lowest BCUT2D eigenvalue weighted by molar-refractivity contribution is -0.120. The summed E-state index contributed by atoms with van der Waals surface area (Å²) >= 11 is 0. The second-order valence-corrected chi connectivity index (χ2v) is 6.09. The molecule has 2 amide bonds. The van der Waals surface area contributed by atoms with Crippen molar-refractivity contribution in [3.63, 3.8) is 0 Å². The summed E-state index contributed by atoms with van der Waals surface area (Å²) in [5.74, 6) is -0.806. The molecule has 0 unspecified atom stereocenters. The Morgan fingerprint density at radius 1 is 1.04 bits per heavy atom. The van der Waals surface area contributed by atoms with Gasteiger partial charge in [-0.3, -0.25) is 9.59 Å². The highest BCUT2D eigenvalue weighted by Crippen LogP contribution is 2.26. The largest absolute Gasteiger partial charge is 0.368 e. The number of fused-ring (bicyclic) bond motifs is 2. The van der Waals surface area contributed by atoms with Crippen molar-refractivity contribution in [2.45, 2.75) is 32.2 Å². The van der Waals surface area contributed by atoms with Gasteiger partial charge in [0.1, 0.15) is 6.04 Å². The van der Waals surface area contributed by atoms with E-state index in [0.717, 1.165) is 34.6 Å².